The summed E-state index contributed by atoms with van der Waals surface area (Å²) in [6.45, 7) is 1.72. The molecule has 0 radical (unpaired) electrons. The van der Waals surface area contributed by atoms with Gasteiger partial charge in [-0.05, 0) is 6.92 Å². The average molecular weight is 230 g/mol. The maximum absolute atomic E-state index is 12.1. The topological polar surface area (TPSA) is 52.9 Å². The maximum atomic E-state index is 12.1. The van der Waals surface area contributed by atoms with Crippen LogP contribution in [0.4, 0.5) is 0 Å². The lowest BCUT2D eigenvalue weighted by molar-refractivity contribution is 0.104. The molecule has 1 aliphatic rings. The van der Waals surface area contributed by atoms with Gasteiger partial charge in [0.2, 0.25) is 0 Å². The molecule has 0 amide bonds. The van der Waals surface area contributed by atoms with E-state index in [-0.39, 0.29) is 11.5 Å². The van der Waals surface area contributed by atoms with E-state index in [0.29, 0.717) is 22.4 Å². The summed E-state index contributed by atoms with van der Waals surface area (Å²) in [5, 5.41) is 15.8. The van der Waals surface area contributed by atoms with Crippen LogP contribution in [0.1, 0.15) is 22.8 Å². The van der Waals surface area contributed by atoms with Crippen LogP contribution in [0.3, 0.4) is 0 Å². The minimum absolute atomic E-state index is 0.0219. The number of hydrazone groups is 1. The summed E-state index contributed by atoms with van der Waals surface area (Å²) >= 11 is 0. The summed E-state index contributed by atoms with van der Waals surface area (Å²) < 4.78 is 0. The Hall–Kier alpha value is -2.10. The van der Waals surface area contributed by atoms with Crippen molar-refractivity contribution in [3.63, 3.8) is 0 Å². The Morgan fingerprint density at radius 2 is 1.82 bits per heavy atom. The predicted octanol–water partition coefficient (Wildman–Crippen LogP) is 2.09. The van der Waals surface area contributed by atoms with Gasteiger partial charge in [0.1, 0.15) is 5.76 Å². The second-order valence-electron chi connectivity index (χ2n) is 4.13. The van der Waals surface area contributed by atoms with Crippen LogP contribution >= 0.6 is 0 Å². The van der Waals surface area contributed by atoms with Crippen molar-refractivity contribution in [1.29, 1.82) is 0 Å². The normalized spacial score (nSPS) is 15.2. The fourth-order valence-corrected chi connectivity index (χ4v) is 1.95. The average Bonchev–Trinajstić information content (AvgIpc) is 2.51. The van der Waals surface area contributed by atoms with Gasteiger partial charge in [0.15, 0.2) is 5.78 Å². The van der Waals surface area contributed by atoms with Crippen molar-refractivity contribution in [2.75, 3.05) is 14.1 Å². The predicted molar refractivity (Wildman–Crippen MR) is 67.1 cm³/mol. The molecule has 0 saturated heterocycles. The van der Waals surface area contributed by atoms with Crippen LogP contribution in [0.2, 0.25) is 0 Å². The fraction of sp³-hybridized carbons (Fsp3) is 0.231. The van der Waals surface area contributed by atoms with Crippen molar-refractivity contribution < 1.29 is 9.90 Å². The number of benzene rings is 1. The van der Waals surface area contributed by atoms with Crippen molar-refractivity contribution in [2.24, 2.45) is 5.10 Å². The number of Topliss-reactive ketones (excluding diaryl/α,β-unsaturated/α-hetero) is 1. The molecule has 0 bridgehead atoms. The molecule has 1 aromatic carbocycles. The number of allylic oxidation sites excluding steroid dienone is 1. The highest BCUT2D eigenvalue weighted by Crippen LogP contribution is 2.31. The van der Waals surface area contributed by atoms with E-state index in [1.54, 1.807) is 50.3 Å². The first-order chi connectivity index (χ1) is 8.02. The van der Waals surface area contributed by atoms with Gasteiger partial charge < -0.3 is 10.1 Å². The number of aliphatic hydroxyl groups excluding tert-OH is 1. The standard InChI is InChI=1S/C13H14N2O2/c1-8(14-15(2)3)11-12(16)9-6-4-5-7-10(9)13(11)17/h4-7,16H,1-3H3. The van der Waals surface area contributed by atoms with E-state index in [9.17, 15) is 9.90 Å². The van der Waals surface area contributed by atoms with E-state index < -0.39 is 0 Å². The van der Waals surface area contributed by atoms with E-state index in [0.717, 1.165) is 0 Å². The Bertz CT molecular complexity index is 542. The third-order valence-corrected chi connectivity index (χ3v) is 2.60. The number of carbonyl (C=O) groups is 1. The zero-order valence-electron chi connectivity index (χ0n) is 10.1. The molecule has 0 spiro atoms. The first-order valence-corrected chi connectivity index (χ1v) is 5.32. The largest absolute Gasteiger partial charge is 0.506 e. The van der Waals surface area contributed by atoms with Crippen LogP contribution in [0.15, 0.2) is 34.9 Å². The van der Waals surface area contributed by atoms with Gasteiger partial charge in [-0.2, -0.15) is 5.10 Å². The number of carbonyl (C=O) groups excluding carboxylic acids is 1. The van der Waals surface area contributed by atoms with Crippen molar-refractivity contribution in [1.82, 2.24) is 5.01 Å². The van der Waals surface area contributed by atoms with E-state index in [4.69, 9.17) is 0 Å². The summed E-state index contributed by atoms with van der Waals surface area (Å²) in [4.78, 5) is 12.1. The number of ketones is 1. The van der Waals surface area contributed by atoms with Gasteiger partial charge >= 0.3 is 0 Å². The van der Waals surface area contributed by atoms with E-state index in [1.165, 1.54) is 0 Å². The van der Waals surface area contributed by atoms with E-state index in [2.05, 4.69) is 5.10 Å². The van der Waals surface area contributed by atoms with Gasteiger partial charge in [0.05, 0.1) is 11.3 Å². The molecule has 4 nitrogen and oxygen atoms in total. The lowest BCUT2D eigenvalue weighted by Gasteiger charge is -2.07. The van der Waals surface area contributed by atoms with Crippen molar-refractivity contribution in [3.8, 4) is 0 Å². The summed E-state index contributed by atoms with van der Waals surface area (Å²) in [5.74, 6) is -0.144. The summed E-state index contributed by atoms with van der Waals surface area (Å²) in [6, 6.07) is 7.03. The zero-order valence-corrected chi connectivity index (χ0v) is 10.1. The molecule has 0 aromatic heterocycles. The first kappa shape index (κ1) is 11.4. The van der Waals surface area contributed by atoms with Crippen molar-refractivity contribution in [3.05, 3.63) is 41.0 Å². The highest BCUT2D eigenvalue weighted by Gasteiger charge is 2.30. The Labute approximate surface area is 99.9 Å². The molecule has 4 heteroatoms. The number of nitrogens with zero attached hydrogens (tertiary/aromatic N) is 2. The van der Waals surface area contributed by atoms with Crippen LogP contribution < -0.4 is 0 Å². The zero-order chi connectivity index (χ0) is 12.6. The number of aliphatic hydroxyl groups is 1. The molecule has 88 valence electrons. The van der Waals surface area contributed by atoms with Crippen LogP contribution in [-0.4, -0.2) is 35.7 Å². The molecular formula is C13H14N2O2. The van der Waals surface area contributed by atoms with Gasteiger partial charge in [-0.15, -0.1) is 0 Å². The second kappa shape index (κ2) is 4.05. The Morgan fingerprint density at radius 1 is 1.24 bits per heavy atom. The van der Waals surface area contributed by atoms with Crippen LogP contribution in [0.25, 0.3) is 5.76 Å². The molecule has 0 saturated carbocycles. The fourth-order valence-electron chi connectivity index (χ4n) is 1.95. The highest BCUT2D eigenvalue weighted by molar-refractivity contribution is 6.35. The summed E-state index contributed by atoms with van der Waals surface area (Å²) in [5.41, 5.74) is 1.93. The minimum Gasteiger partial charge on any atom is -0.506 e. The summed E-state index contributed by atoms with van der Waals surface area (Å²) in [6.07, 6.45) is 0. The smallest absolute Gasteiger partial charge is 0.199 e. The number of fused-ring (bicyclic) bond motifs is 1. The molecular weight excluding hydrogens is 216 g/mol. The molecule has 0 heterocycles. The Kier molecular flexibility index (Phi) is 2.71. The lowest BCUT2D eigenvalue weighted by atomic mass is 10.1. The second-order valence-corrected chi connectivity index (χ2v) is 4.13. The molecule has 17 heavy (non-hydrogen) atoms. The van der Waals surface area contributed by atoms with Crippen LogP contribution in [-0.2, 0) is 0 Å². The Balaban J connectivity index is 2.53. The number of rotatable bonds is 2. The number of hydrogen-bond donors (Lipinski definition) is 1. The first-order valence-electron chi connectivity index (χ1n) is 5.32. The quantitative estimate of drug-likeness (QED) is 0.625. The van der Waals surface area contributed by atoms with Crippen LogP contribution in [0, 0.1) is 0 Å². The molecule has 0 atom stereocenters. The lowest BCUT2D eigenvalue weighted by Crippen LogP contribution is -2.12. The van der Waals surface area contributed by atoms with Gasteiger partial charge in [0, 0.05) is 25.2 Å². The van der Waals surface area contributed by atoms with Gasteiger partial charge in [-0.3, -0.25) is 4.79 Å². The van der Waals surface area contributed by atoms with Crippen LogP contribution in [0.5, 0.6) is 0 Å². The third-order valence-electron chi connectivity index (χ3n) is 2.60. The highest BCUT2D eigenvalue weighted by atomic mass is 16.3. The molecule has 2 rings (SSSR count). The Morgan fingerprint density at radius 3 is 2.35 bits per heavy atom. The van der Waals surface area contributed by atoms with Gasteiger partial charge in [-0.25, -0.2) is 0 Å². The maximum Gasteiger partial charge on any atom is 0.199 e. The molecule has 1 N–H and O–H groups in total. The van der Waals surface area contributed by atoms with Gasteiger partial charge in [-0.1, -0.05) is 24.3 Å². The third kappa shape index (κ3) is 1.82. The number of hydrogen-bond acceptors (Lipinski definition) is 4. The summed E-state index contributed by atoms with van der Waals surface area (Å²) in [7, 11) is 3.54. The van der Waals surface area contributed by atoms with E-state index >= 15 is 0 Å². The van der Waals surface area contributed by atoms with E-state index in [1.807, 2.05) is 0 Å². The van der Waals surface area contributed by atoms with Gasteiger partial charge in [0.25, 0.3) is 0 Å². The molecule has 1 aromatic rings. The minimum atomic E-state index is -0.166. The molecule has 0 fully saturated rings. The monoisotopic (exact) mass is 230 g/mol. The van der Waals surface area contributed by atoms with Crippen molar-refractivity contribution >= 4 is 17.3 Å². The molecule has 0 unspecified atom stereocenters. The van der Waals surface area contributed by atoms with Crippen molar-refractivity contribution in [2.45, 2.75) is 6.92 Å². The molecule has 0 aliphatic heterocycles. The SMILES string of the molecule is CC(=NN(C)C)C1=C(O)c2ccccc2C1=O. The molecule has 1 aliphatic carbocycles.